The molecule has 0 heterocycles. The zero-order valence-corrected chi connectivity index (χ0v) is 14.5. The monoisotopic (exact) mass is 341 g/mol. The number of nitrogens with one attached hydrogen (secondary N) is 1. The SMILES string of the molecule is CC(C)(C(=O)NCCc1ccc(OCC(=O)O)cc1)c1ccccc1. The Morgan fingerprint density at radius 3 is 2.28 bits per heavy atom. The lowest BCUT2D eigenvalue weighted by Gasteiger charge is -2.24. The molecular weight excluding hydrogens is 318 g/mol. The van der Waals surface area contributed by atoms with E-state index in [2.05, 4.69) is 5.32 Å². The summed E-state index contributed by atoms with van der Waals surface area (Å²) in [5.41, 5.74) is 1.43. The average Bonchev–Trinajstić information content (AvgIpc) is 2.61. The van der Waals surface area contributed by atoms with E-state index in [1.165, 1.54) is 0 Å². The summed E-state index contributed by atoms with van der Waals surface area (Å²) in [5, 5.41) is 11.6. The number of aliphatic carboxylic acids is 1. The molecule has 0 spiro atoms. The summed E-state index contributed by atoms with van der Waals surface area (Å²) >= 11 is 0. The van der Waals surface area contributed by atoms with Crippen molar-refractivity contribution in [2.24, 2.45) is 0 Å². The Labute approximate surface area is 147 Å². The van der Waals surface area contributed by atoms with Crippen LogP contribution in [0.15, 0.2) is 54.6 Å². The number of carboxylic acids is 1. The van der Waals surface area contributed by atoms with Gasteiger partial charge in [-0.2, -0.15) is 0 Å². The van der Waals surface area contributed by atoms with Crippen molar-refractivity contribution in [2.45, 2.75) is 25.7 Å². The van der Waals surface area contributed by atoms with Crippen LogP contribution in [0.4, 0.5) is 0 Å². The van der Waals surface area contributed by atoms with Gasteiger partial charge in [0.1, 0.15) is 5.75 Å². The predicted molar refractivity (Wildman–Crippen MR) is 95.8 cm³/mol. The van der Waals surface area contributed by atoms with E-state index in [0.29, 0.717) is 18.7 Å². The van der Waals surface area contributed by atoms with Crippen molar-refractivity contribution in [2.75, 3.05) is 13.2 Å². The van der Waals surface area contributed by atoms with Crippen LogP contribution >= 0.6 is 0 Å². The van der Waals surface area contributed by atoms with Crippen molar-refractivity contribution in [3.63, 3.8) is 0 Å². The molecule has 132 valence electrons. The Balaban J connectivity index is 1.84. The lowest BCUT2D eigenvalue weighted by atomic mass is 9.84. The Hall–Kier alpha value is -2.82. The summed E-state index contributed by atoms with van der Waals surface area (Å²) in [6.07, 6.45) is 0.690. The Kier molecular flexibility index (Phi) is 6.17. The summed E-state index contributed by atoms with van der Waals surface area (Å²) in [4.78, 5) is 22.9. The van der Waals surface area contributed by atoms with Gasteiger partial charge in [-0.15, -0.1) is 0 Å². The number of benzene rings is 2. The Bertz CT molecular complexity index is 708. The molecule has 0 bridgehead atoms. The predicted octanol–water partition coefficient (Wildman–Crippen LogP) is 2.79. The van der Waals surface area contributed by atoms with E-state index in [1.54, 1.807) is 12.1 Å². The quantitative estimate of drug-likeness (QED) is 0.774. The third-order valence-electron chi connectivity index (χ3n) is 4.05. The molecule has 0 fully saturated rings. The third-order valence-corrected chi connectivity index (χ3v) is 4.05. The normalized spacial score (nSPS) is 11.0. The molecule has 0 radical (unpaired) electrons. The van der Waals surface area contributed by atoms with Gasteiger partial charge in [0.25, 0.3) is 0 Å². The van der Waals surface area contributed by atoms with Crippen molar-refractivity contribution in [3.05, 3.63) is 65.7 Å². The van der Waals surface area contributed by atoms with Crippen molar-refractivity contribution < 1.29 is 19.4 Å². The molecule has 1 amide bonds. The molecule has 2 aromatic rings. The molecule has 0 aromatic heterocycles. The highest BCUT2D eigenvalue weighted by Gasteiger charge is 2.28. The number of ether oxygens (including phenoxy) is 1. The average molecular weight is 341 g/mol. The van der Waals surface area contributed by atoms with E-state index >= 15 is 0 Å². The third kappa shape index (κ3) is 5.35. The number of carbonyl (C=O) groups is 2. The molecule has 0 saturated carbocycles. The van der Waals surface area contributed by atoms with Crippen molar-refractivity contribution in [1.29, 1.82) is 0 Å². The van der Waals surface area contributed by atoms with Crippen LogP contribution in [0, 0.1) is 0 Å². The summed E-state index contributed by atoms with van der Waals surface area (Å²) in [5.74, 6) is -0.506. The maximum atomic E-state index is 12.5. The van der Waals surface area contributed by atoms with Gasteiger partial charge in [-0.05, 0) is 43.5 Å². The molecule has 0 aliphatic rings. The second kappa shape index (κ2) is 8.33. The highest BCUT2D eigenvalue weighted by Crippen LogP contribution is 2.22. The van der Waals surface area contributed by atoms with Crippen LogP contribution in [0.2, 0.25) is 0 Å². The highest BCUT2D eigenvalue weighted by molar-refractivity contribution is 5.87. The maximum absolute atomic E-state index is 12.5. The lowest BCUT2D eigenvalue weighted by Crippen LogP contribution is -2.40. The van der Waals surface area contributed by atoms with Crippen LogP contribution in [0.25, 0.3) is 0 Å². The molecule has 2 rings (SSSR count). The van der Waals surface area contributed by atoms with Crippen LogP contribution in [0.3, 0.4) is 0 Å². The minimum absolute atomic E-state index is 0.0138. The van der Waals surface area contributed by atoms with E-state index in [1.807, 2.05) is 56.3 Å². The summed E-state index contributed by atoms with van der Waals surface area (Å²) < 4.78 is 5.09. The number of carbonyl (C=O) groups excluding carboxylic acids is 1. The van der Waals surface area contributed by atoms with Crippen LogP contribution in [0.5, 0.6) is 5.75 Å². The van der Waals surface area contributed by atoms with Crippen molar-refractivity contribution in [1.82, 2.24) is 5.32 Å². The lowest BCUT2D eigenvalue weighted by molar-refractivity contribution is -0.139. The summed E-state index contributed by atoms with van der Waals surface area (Å²) in [6, 6.07) is 16.9. The molecule has 0 saturated heterocycles. The topological polar surface area (TPSA) is 75.6 Å². The fraction of sp³-hybridized carbons (Fsp3) is 0.300. The van der Waals surface area contributed by atoms with Gasteiger partial charge >= 0.3 is 5.97 Å². The van der Waals surface area contributed by atoms with Crippen LogP contribution in [0.1, 0.15) is 25.0 Å². The minimum Gasteiger partial charge on any atom is -0.482 e. The first-order chi connectivity index (χ1) is 11.9. The first kappa shape index (κ1) is 18.5. The van der Waals surface area contributed by atoms with E-state index in [-0.39, 0.29) is 12.5 Å². The van der Waals surface area contributed by atoms with Crippen LogP contribution < -0.4 is 10.1 Å². The maximum Gasteiger partial charge on any atom is 0.341 e. The highest BCUT2D eigenvalue weighted by atomic mass is 16.5. The number of hydrogen-bond acceptors (Lipinski definition) is 3. The zero-order chi connectivity index (χ0) is 18.3. The molecule has 0 aliphatic heterocycles. The summed E-state index contributed by atoms with van der Waals surface area (Å²) in [6.45, 7) is 3.99. The fourth-order valence-electron chi connectivity index (χ4n) is 2.42. The van der Waals surface area contributed by atoms with Gasteiger partial charge in [0, 0.05) is 6.54 Å². The molecule has 0 unspecified atom stereocenters. The van der Waals surface area contributed by atoms with E-state index in [9.17, 15) is 9.59 Å². The van der Waals surface area contributed by atoms with Gasteiger partial charge in [0.05, 0.1) is 5.41 Å². The van der Waals surface area contributed by atoms with E-state index in [0.717, 1.165) is 11.1 Å². The molecule has 2 N–H and O–H groups in total. The molecule has 0 aliphatic carbocycles. The van der Waals surface area contributed by atoms with Gasteiger partial charge in [-0.1, -0.05) is 42.5 Å². The molecule has 0 atom stereocenters. The molecule has 5 nitrogen and oxygen atoms in total. The molecule has 2 aromatic carbocycles. The van der Waals surface area contributed by atoms with Gasteiger partial charge in [-0.25, -0.2) is 4.79 Å². The summed E-state index contributed by atoms with van der Waals surface area (Å²) in [7, 11) is 0. The molecule has 5 heteroatoms. The standard InChI is InChI=1S/C20H23NO4/c1-20(2,16-6-4-3-5-7-16)19(24)21-13-12-15-8-10-17(11-9-15)25-14-18(22)23/h3-11H,12-14H2,1-2H3,(H,21,24)(H,22,23). The van der Waals surface area contributed by atoms with E-state index < -0.39 is 11.4 Å². The van der Waals surface area contributed by atoms with Gasteiger partial charge in [0.15, 0.2) is 6.61 Å². The van der Waals surface area contributed by atoms with Gasteiger partial charge in [-0.3, -0.25) is 4.79 Å². The number of carboxylic acid groups (broad SMARTS) is 1. The minimum atomic E-state index is -1.01. The number of hydrogen-bond donors (Lipinski definition) is 2. The number of amides is 1. The van der Waals surface area contributed by atoms with Gasteiger partial charge in [0.2, 0.25) is 5.91 Å². The second-order valence-corrected chi connectivity index (χ2v) is 6.32. The largest absolute Gasteiger partial charge is 0.482 e. The second-order valence-electron chi connectivity index (χ2n) is 6.32. The van der Waals surface area contributed by atoms with Crippen molar-refractivity contribution >= 4 is 11.9 Å². The zero-order valence-electron chi connectivity index (χ0n) is 14.5. The molecular formula is C20H23NO4. The van der Waals surface area contributed by atoms with E-state index in [4.69, 9.17) is 9.84 Å². The van der Waals surface area contributed by atoms with Gasteiger partial charge < -0.3 is 15.2 Å². The van der Waals surface area contributed by atoms with Crippen LogP contribution in [-0.2, 0) is 21.4 Å². The first-order valence-electron chi connectivity index (χ1n) is 8.17. The fourth-order valence-corrected chi connectivity index (χ4v) is 2.42. The smallest absolute Gasteiger partial charge is 0.341 e. The first-order valence-corrected chi connectivity index (χ1v) is 8.17. The van der Waals surface area contributed by atoms with Crippen LogP contribution in [-0.4, -0.2) is 30.1 Å². The number of rotatable bonds is 8. The Morgan fingerprint density at radius 2 is 1.68 bits per heavy atom. The Morgan fingerprint density at radius 1 is 1.04 bits per heavy atom. The van der Waals surface area contributed by atoms with Crippen molar-refractivity contribution in [3.8, 4) is 5.75 Å². The molecule has 25 heavy (non-hydrogen) atoms.